The fourth-order valence-electron chi connectivity index (χ4n) is 2.78. The Bertz CT molecular complexity index is 549. The van der Waals surface area contributed by atoms with Gasteiger partial charge in [-0.2, -0.15) is 0 Å². The number of urea groups is 1. The summed E-state index contributed by atoms with van der Waals surface area (Å²) in [5.41, 5.74) is 1.72. The van der Waals surface area contributed by atoms with Crippen molar-refractivity contribution in [1.82, 2.24) is 20.2 Å². The van der Waals surface area contributed by atoms with E-state index < -0.39 is 11.9 Å². The number of aryl methyl sites for hydroxylation is 1. The minimum atomic E-state index is -0.834. The Labute approximate surface area is 129 Å². The predicted octanol–water partition coefficient (Wildman–Crippen LogP) is 1.08. The van der Waals surface area contributed by atoms with Crippen molar-refractivity contribution in [3.8, 4) is 0 Å². The van der Waals surface area contributed by atoms with E-state index in [0.717, 1.165) is 11.4 Å². The molecule has 2 rings (SSSR count). The number of amides is 2. The van der Waals surface area contributed by atoms with E-state index in [4.69, 9.17) is 5.11 Å². The molecule has 2 unspecified atom stereocenters. The molecule has 0 radical (unpaired) electrons. The van der Waals surface area contributed by atoms with E-state index in [1.165, 1.54) is 0 Å². The second-order valence-electron chi connectivity index (χ2n) is 5.85. The van der Waals surface area contributed by atoms with Crippen LogP contribution in [0.1, 0.15) is 24.7 Å². The number of carboxylic acid groups (broad SMARTS) is 1. The molecule has 7 nitrogen and oxygen atoms in total. The van der Waals surface area contributed by atoms with E-state index in [1.807, 2.05) is 13.8 Å². The van der Waals surface area contributed by atoms with Crippen molar-refractivity contribution in [2.45, 2.75) is 26.7 Å². The molecular formula is C15H22N4O3. The largest absolute Gasteiger partial charge is 0.481 e. The minimum Gasteiger partial charge on any atom is -0.481 e. The topological polar surface area (TPSA) is 95.4 Å². The van der Waals surface area contributed by atoms with E-state index in [0.29, 0.717) is 25.9 Å². The molecule has 1 aliphatic rings. The van der Waals surface area contributed by atoms with Crippen LogP contribution in [0.15, 0.2) is 12.4 Å². The van der Waals surface area contributed by atoms with Crippen LogP contribution in [0.4, 0.5) is 4.79 Å². The number of piperidine rings is 1. The second kappa shape index (κ2) is 7.20. The lowest BCUT2D eigenvalue weighted by Crippen LogP contribution is -2.49. The number of aromatic nitrogens is 2. The third-order valence-corrected chi connectivity index (χ3v) is 3.92. The van der Waals surface area contributed by atoms with Crippen LogP contribution in [0.25, 0.3) is 0 Å². The molecule has 1 aromatic heterocycles. The van der Waals surface area contributed by atoms with Crippen molar-refractivity contribution in [3.05, 3.63) is 23.8 Å². The van der Waals surface area contributed by atoms with Gasteiger partial charge in [-0.25, -0.2) is 4.79 Å². The van der Waals surface area contributed by atoms with E-state index in [-0.39, 0.29) is 18.5 Å². The molecule has 120 valence electrons. The summed E-state index contributed by atoms with van der Waals surface area (Å²) in [6, 6.07) is -0.209. The van der Waals surface area contributed by atoms with Gasteiger partial charge in [0.25, 0.3) is 0 Å². The van der Waals surface area contributed by atoms with Gasteiger partial charge < -0.3 is 15.3 Å². The molecule has 7 heteroatoms. The first-order chi connectivity index (χ1) is 10.5. The molecule has 2 atom stereocenters. The highest BCUT2D eigenvalue weighted by atomic mass is 16.4. The Hall–Kier alpha value is -2.18. The van der Waals surface area contributed by atoms with Gasteiger partial charge in [0.1, 0.15) is 0 Å². The van der Waals surface area contributed by atoms with Crippen LogP contribution >= 0.6 is 0 Å². The lowest BCUT2D eigenvalue weighted by molar-refractivity contribution is -0.143. The number of rotatable bonds is 4. The van der Waals surface area contributed by atoms with Crippen LogP contribution in [0.5, 0.6) is 0 Å². The predicted molar refractivity (Wildman–Crippen MR) is 80.4 cm³/mol. The Morgan fingerprint density at radius 2 is 2.09 bits per heavy atom. The monoisotopic (exact) mass is 306 g/mol. The minimum absolute atomic E-state index is 0.197. The zero-order valence-corrected chi connectivity index (χ0v) is 13.0. The summed E-state index contributed by atoms with van der Waals surface area (Å²) in [7, 11) is 0. The number of hydrogen-bond acceptors (Lipinski definition) is 4. The van der Waals surface area contributed by atoms with Crippen molar-refractivity contribution >= 4 is 12.0 Å². The van der Waals surface area contributed by atoms with E-state index in [1.54, 1.807) is 17.3 Å². The highest BCUT2D eigenvalue weighted by molar-refractivity contribution is 5.76. The lowest BCUT2D eigenvalue weighted by atomic mass is 9.91. The molecule has 2 amide bonds. The van der Waals surface area contributed by atoms with Gasteiger partial charge in [-0.1, -0.05) is 6.92 Å². The Morgan fingerprint density at radius 1 is 1.36 bits per heavy atom. The number of carbonyl (C=O) groups is 2. The maximum atomic E-state index is 12.2. The Morgan fingerprint density at radius 3 is 2.77 bits per heavy atom. The first-order valence-electron chi connectivity index (χ1n) is 7.49. The standard InChI is InChI=1S/C15H22N4O3/c1-10-7-12(14(20)21)9-19(8-10)15(22)18-4-3-13-11(2)16-5-6-17-13/h5-6,10,12H,3-4,7-9H2,1-2H3,(H,18,22)(H,20,21). The SMILES string of the molecule is Cc1nccnc1CCNC(=O)N1CC(C)CC(C(=O)O)C1. The summed E-state index contributed by atoms with van der Waals surface area (Å²) in [6.45, 7) is 5.18. The molecule has 0 aromatic carbocycles. The number of nitrogens with zero attached hydrogens (tertiary/aromatic N) is 3. The Balaban J connectivity index is 1.84. The van der Waals surface area contributed by atoms with Gasteiger partial charge in [-0.05, 0) is 19.3 Å². The van der Waals surface area contributed by atoms with Crippen LogP contribution in [-0.4, -0.2) is 51.6 Å². The summed E-state index contributed by atoms with van der Waals surface area (Å²) in [4.78, 5) is 33.3. The molecule has 0 bridgehead atoms. The lowest BCUT2D eigenvalue weighted by Gasteiger charge is -2.34. The van der Waals surface area contributed by atoms with Crippen molar-refractivity contribution in [2.24, 2.45) is 11.8 Å². The highest BCUT2D eigenvalue weighted by Gasteiger charge is 2.31. The van der Waals surface area contributed by atoms with Gasteiger partial charge in [-0.15, -0.1) is 0 Å². The van der Waals surface area contributed by atoms with Gasteiger partial charge in [0.15, 0.2) is 0 Å². The average Bonchev–Trinajstić information content (AvgIpc) is 2.48. The maximum Gasteiger partial charge on any atom is 0.317 e. The van der Waals surface area contributed by atoms with Crippen LogP contribution in [0, 0.1) is 18.8 Å². The molecule has 1 saturated heterocycles. The van der Waals surface area contributed by atoms with Crippen molar-refractivity contribution in [3.63, 3.8) is 0 Å². The molecular weight excluding hydrogens is 284 g/mol. The van der Waals surface area contributed by atoms with Crippen molar-refractivity contribution < 1.29 is 14.7 Å². The first-order valence-corrected chi connectivity index (χ1v) is 7.49. The highest BCUT2D eigenvalue weighted by Crippen LogP contribution is 2.21. The number of nitrogens with one attached hydrogen (secondary N) is 1. The van der Waals surface area contributed by atoms with Crippen LogP contribution < -0.4 is 5.32 Å². The van der Waals surface area contributed by atoms with E-state index >= 15 is 0 Å². The fraction of sp³-hybridized carbons (Fsp3) is 0.600. The van der Waals surface area contributed by atoms with E-state index in [9.17, 15) is 9.59 Å². The molecule has 0 spiro atoms. The molecule has 1 aromatic rings. The summed E-state index contributed by atoms with van der Waals surface area (Å²) in [5.74, 6) is -1.11. The third-order valence-electron chi connectivity index (χ3n) is 3.92. The van der Waals surface area contributed by atoms with Crippen LogP contribution in [-0.2, 0) is 11.2 Å². The van der Waals surface area contributed by atoms with Crippen LogP contribution in [0.3, 0.4) is 0 Å². The molecule has 0 saturated carbocycles. The number of hydrogen-bond donors (Lipinski definition) is 2. The second-order valence-corrected chi connectivity index (χ2v) is 5.85. The molecule has 0 aliphatic carbocycles. The molecule has 2 N–H and O–H groups in total. The normalized spacial score (nSPS) is 21.5. The molecule has 2 heterocycles. The number of aliphatic carboxylic acids is 1. The van der Waals surface area contributed by atoms with Crippen molar-refractivity contribution in [2.75, 3.05) is 19.6 Å². The summed E-state index contributed by atoms with van der Waals surface area (Å²) >= 11 is 0. The van der Waals surface area contributed by atoms with Crippen LogP contribution in [0.2, 0.25) is 0 Å². The zero-order chi connectivity index (χ0) is 16.1. The summed E-state index contributed by atoms with van der Waals surface area (Å²) in [6.07, 6.45) is 4.50. The van der Waals surface area contributed by atoms with Gasteiger partial charge in [-0.3, -0.25) is 14.8 Å². The number of carboxylic acids is 1. The number of likely N-dealkylation sites (tertiary alicyclic amines) is 1. The molecule has 22 heavy (non-hydrogen) atoms. The average molecular weight is 306 g/mol. The van der Waals surface area contributed by atoms with Gasteiger partial charge >= 0.3 is 12.0 Å². The van der Waals surface area contributed by atoms with Gasteiger partial charge in [0.05, 0.1) is 17.3 Å². The van der Waals surface area contributed by atoms with Gasteiger partial charge in [0, 0.05) is 38.4 Å². The van der Waals surface area contributed by atoms with Gasteiger partial charge in [0.2, 0.25) is 0 Å². The maximum absolute atomic E-state index is 12.2. The quantitative estimate of drug-likeness (QED) is 0.868. The molecule has 1 aliphatic heterocycles. The summed E-state index contributed by atoms with van der Waals surface area (Å²) < 4.78 is 0. The third kappa shape index (κ3) is 4.16. The molecule has 1 fully saturated rings. The fourth-order valence-corrected chi connectivity index (χ4v) is 2.78. The van der Waals surface area contributed by atoms with E-state index in [2.05, 4.69) is 15.3 Å². The first kappa shape index (κ1) is 16.2. The number of carbonyl (C=O) groups excluding carboxylic acids is 1. The van der Waals surface area contributed by atoms with Crippen molar-refractivity contribution in [1.29, 1.82) is 0 Å². The summed E-state index contributed by atoms with van der Waals surface area (Å²) in [5, 5.41) is 12.0. The zero-order valence-electron chi connectivity index (χ0n) is 13.0. The Kier molecular flexibility index (Phi) is 5.30. The smallest absolute Gasteiger partial charge is 0.317 e.